The highest BCUT2D eigenvalue weighted by Crippen LogP contribution is 2.19. The smallest absolute Gasteiger partial charge is 0.208 e. The number of hydrogen-bond acceptors (Lipinski definition) is 2. The molecule has 4 heteroatoms. The third-order valence-corrected chi connectivity index (χ3v) is 2.56. The van der Waals surface area contributed by atoms with Crippen LogP contribution in [0.1, 0.15) is 33.1 Å². The van der Waals surface area contributed by atoms with Gasteiger partial charge in [0.05, 0.1) is 0 Å². The highest BCUT2D eigenvalue weighted by atomic mass is 15.4. The fourth-order valence-electron chi connectivity index (χ4n) is 1.91. The topological polar surface area (TPSA) is 53.6 Å². The number of aliphatic imine (C=N–C) groups is 1. The summed E-state index contributed by atoms with van der Waals surface area (Å²) in [5.41, 5.74) is 2.69. The van der Waals surface area contributed by atoms with E-state index in [1.54, 1.807) is 0 Å². The van der Waals surface area contributed by atoms with Crippen LogP contribution in [0.3, 0.4) is 0 Å². The molecule has 0 aromatic heterocycles. The van der Waals surface area contributed by atoms with Crippen LogP contribution < -0.4 is 11.3 Å². The summed E-state index contributed by atoms with van der Waals surface area (Å²) in [5.74, 6) is 6.29. The number of guanidine groups is 1. The summed E-state index contributed by atoms with van der Waals surface area (Å²) in [4.78, 5) is 6.61. The quantitative estimate of drug-likeness (QED) is 0.287. The Labute approximate surface area is 80.2 Å². The van der Waals surface area contributed by atoms with Crippen LogP contribution in [0.25, 0.3) is 0 Å². The second-order valence-electron chi connectivity index (χ2n) is 3.34. The van der Waals surface area contributed by atoms with Gasteiger partial charge in [0.15, 0.2) is 0 Å². The molecule has 1 heterocycles. The molecule has 76 valence electrons. The number of nitrogens with two attached hydrogens (primary N) is 1. The van der Waals surface area contributed by atoms with Crippen LogP contribution in [0, 0.1) is 0 Å². The summed E-state index contributed by atoms with van der Waals surface area (Å²) in [7, 11) is 0. The molecular formula is C9H20N4. The Morgan fingerprint density at radius 3 is 2.92 bits per heavy atom. The van der Waals surface area contributed by atoms with Crippen molar-refractivity contribution in [3.8, 4) is 0 Å². The van der Waals surface area contributed by atoms with Gasteiger partial charge in [-0.05, 0) is 26.2 Å². The average molecular weight is 184 g/mol. The molecular weight excluding hydrogens is 164 g/mol. The molecule has 0 radical (unpaired) electrons. The molecule has 0 aromatic rings. The molecule has 0 aliphatic carbocycles. The fraction of sp³-hybridized carbons (Fsp3) is 0.889. The Hall–Kier alpha value is -0.770. The number of nitrogens with one attached hydrogen (secondary N) is 1. The van der Waals surface area contributed by atoms with E-state index < -0.39 is 0 Å². The number of nitrogens with zero attached hydrogens (tertiary/aromatic N) is 2. The van der Waals surface area contributed by atoms with E-state index in [9.17, 15) is 0 Å². The molecule has 1 aliphatic heterocycles. The molecule has 4 nitrogen and oxygen atoms in total. The number of likely N-dealkylation sites (tertiary alicyclic amines) is 1. The van der Waals surface area contributed by atoms with Crippen molar-refractivity contribution < 1.29 is 0 Å². The van der Waals surface area contributed by atoms with Gasteiger partial charge in [0.1, 0.15) is 0 Å². The van der Waals surface area contributed by atoms with Gasteiger partial charge in [-0.15, -0.1) is 0 Å². The predicted molar refractivity (Wildman–Crippen MR) is 55.3 cm³/mol. The van der Waals surface area contributed by atoms with Gasteiger partial charge in [-0.25, -0.2) is 5.84 Å². The van der Waals surface area contributed by atoms with Crippen molar-refractivity contribution in [1.82, 2.24) is 10.3 Å². The standard InChI is InChI=1S/C9H20N4/c1-3-8-6-5-7-13(8)9(12-10)11-4-2/h8H,3-7,10H2,1-2H3,(H,11,12). The Morgan fingerprint density at radius 1 is 1.62 bits per heavy atom. The van der Waals surface area contributed by atoms with Crippen LogP contribution in [0.2, 0.25) is 0 Å². The Morgan fingerprint density at radius 2 is 2.38 bits per heavy atom. The molecule has 1 fully saturated rings. The van der Waals surface area contributed by atoms with E-state index in [-0.39, 0.29) is 0 Å². The van der Waals surface area contributed by atoms with Crippen molar-refractivity contribution in [3.63, 3.8) is 0 Å². The molecule has 13 heavy (non-hydrogen) atoms. The molecule has 1 saturated heterocycles. The van der Waals surface area contributed by atoms with E-state index in [2.05, 4.69) is 22.2 Å². The van der Waals surface area contributed by atoms with E-state index in [0.29, 0.717) is 6.04 Å². The lowest BCUT2D eigenvalue weighted by Gasteiger charge is -2.26. The van der Waals surface area contributed by atoms with Crippen molar-refractivity contribution >= 4 is 5.96 Å². The van der Waals surface area contributed by atoms with Gasteiger partial charge in [0.2, 0.25) is 5.96 Å². The van der Waals surface area contributed by atoms with E-state index in [4.69, 9.17) is 5.84 Å². The minimum absolute atomic E-state index is 0.626. The maximum Gasteiger partial charge on any atom is 0.208 e. The van der Waals surface area contributed by atoms with Crippen LogP contribution in [0.4, 0.5) is 0 Å². The second kappa shape index (κ2) is 5.07. The summed E-state index contributed by atoms with van der Waals surface area (Å²) in [5, 5.41) is 0. The summed E-state index contributed by atoms with van der Waals surface area (Å²) < 4.78 is 0. The normalized spacial score (nSPS) is 23.8. The first-order valence-electron chi connectivity index (χ1n) is 5.11. The minimum Gasteiger partial charge on any atom is -0.339 e. The zero-order chi connectivity index (χ0) is 9.68. The van der Waals surface area contributed by atoms with Crippen molar-refractivity contribution in [2.75, 3.05) is 13.1 Å². The van der Waals surface area contributed by atoms with Crippen molar-refractivity contribution in [2.45, 2.75) is 39.2 Å². The van der Waals surface area contributed by atoms with Crippen molar-refractivity contribution in [2.24, 2.45) is 10.8 Å². The monoisotopic (exact) mass is 184 g/mol. The maximum atomic E-state index is 5.43. The van der Waals surface area contributed by atoms with Crippen LogP contribution in [-0.4, -0.2) is 30.0 Å². The largest absolute Gasteiger partial charge is 0.339 e. The molecule has 3 N–H and O–H groups in total. The lowest BCUT2D eigenvalue weighted by atomic mass is 10.2. The van der Waals surface area contributed by atoms with Gasteiger partial charge in [0, 0.05) is 19.1 Å². The average Bonchev–Trinajstić information content (AvgIpc) is 2.61. The van der Waals surface area contributed by atoms with Gasteiger partial charge >= 0.3 is 0 Å². The zero-order valence-electron chi connectivity index (χ0n) is 8.58. The lowest BCUT2D eigenvalue weighted by Crippen LogP contribution is -2.46. The molecule has 0 aromatic carbocycles. The van der Waals surface area contributed by atoms with E-state index in [1.165, 1.54) is 19.3 Å². The highest BCUT2D eigenvalue weighted by Gasteiger charge is 2.24. The summed E-state index contributed by atoms with van der Waals surface area (Å²) in [6.45, 7) is 6.10. The van der Waals surface area contributed by atoms with Crippen LogP contribution in [-0.2, 0) is 0 Å². The first-order chi connectivity index (χ1) is 6.33. The summed E-state index contributed by atoms with van der Waals surface area (Å²) in [6.07, 6.45) is 3.69. The van der Waals surface area contributed by atoms with E-state index in [0.717, 1.165) is 19.0 Å². The molecule has 0 saturated carbocycles. The van der Waals surface area contributed by atoms with Gasteiger partial charge in [-0.2, -0.15) is 0 Å². The Balaban J connectivity index is 2.61. The number of rotatable bonds is 2. The van der Waals surface area contributed by atoms with E-state index >= 15 is 0 Å². The minimum atomic E-state index is 0.626. The molecule has 0 bridgehead atoms. The molecule has 0 amide bonds. The molecule has 1 rings (SSSR count). The molecule has 1 atom stereocenters. The van der Waals surface area contributed by atoms with Gasteiger partial charge in [-0.3, -0.25) is 10.4 Å². The first-order valence-corrected chi connectivity index (χ1v) is 5.11. The van der Waals surface area contributed by atoms with E-state index in [1.807, 2.05) is 6.92 Å². The second-order valence-corrected chi connectivity index (χ2v) is 3.34. The number of hydrazine groups is 1. The molecule has 1 aliphatic rings. The summed E-state index contributed by atoms with van der Waals surface area (Å²) in [6, 6.07) is 0.626. The Bertz CT molecular complexity index is 178. The lowest BCUT2D eigenvalue weighted by molar-refractivity contribution is 0.366. The fourth-order valence-corrected chi connectivity index (χ4v) is 1.91. The Kier molecular flexibility index (Phi) is 4.02. The van der Waals surface area contributed by atoms with Crippen LogP contribution in [0.5, 0.6) is 0 Å². The van der Waals surface area contributed by atoms with Crippen molar-refractivity contribution in [1.29, 1.82) is 0 Å². The summed E-state index contributed by atoms with van der Waals surface area (Å²) >= 11 is 0. The number of hydrogen-bond donors (Lipinski definition) is 2. The van der Waals surface area contributed by atoms with Crippen molar-refractivity contribution in [3.05, 3.63) is 0 Å². The van der Waals surface area contributed by atoms with Gasteiger partial charge in [0.25, 0.3) is 0 Å². The highest BCUT2D eigenvalue weighted by molar-refractivity contribution is 5.79. The SMILES string of the molecule is CCN=C(NN)N1CCCC1CC. The maximum absolute atomic E-state index is 5.43. The molecule has 0 spiro atoms. The van der Waals surface area contributed by atoms with Crippen LogP contribution in [0.15, 0.2) is 4.99 Å². The van der Waals surface area contributed by atoms with Gasteiger partial charge < -0.3 is 4.90 Å². The zero-order valence-corrected chi connectivity index (χ0v) is 8.58. The third-order valence-electron chi connectivity index (χ3n) is 2.56. The predicted octanol–water partition coefficient (Wildman–Crippen LogP) is 0.700. The van der Waals surface area contributed by atoms with Gasteiger partial charge in [-0.1, -0.05) is 6.92 Å². The van der Waals surface area contributed by atoms with Crippen LogP contribution >= 0.6 is 0 Å². The first kappa shape index (κ1) is 10.3. The third kappa shape index (κ3) is 2.34. The molecule has 1 unspecified atom stereocenters.